The van der Waals surface area contributed by atoms with Gasteiger partial charge in [-0.1, -0.05) is 12.1 Å². The zero-order valence-corrected chi connectivity index (χ0v) is 21.2. The number of benzene rings is 2. The number of carbonyl (C=O) groups excluding carboxylic acids is 2. The lowest BCUT2D eigenvalue weighted by molar-refractivity contribution is 0.0198. The molecule has 1 aliphatic heterocycles. The van der Waals surface area contributed by atoms with Gasteiger partial charge >= 0.3 is 12.1 Å². The Kier molecular flexibility index (Phi) is 6.66. The fourth-order valence-electron chi connectivity index (χ4n) is 4.22. The van der Waals surface area contributed by atoms with E-state index < -0.39 is 17.4 Å². The molecule has 0 bridgehead atoms. The standard InChI is InChI=1S/C25H27BrFN3O4/c1-25(2,3)34-24(32)29-11-5-6-16(14-29)15-7-9-18(10-8-15)30-22(26)21-19(23(31)33-4)12-17(27)13-20(21)28-30/h7-10,12-13,16H,5-6,11,14H2,1-4H3. The normalized spacial score (nSPS) is 16.5. The molecule has 0 saturated carbocycles. The van der Waals surface area contributed by atoms with Crippen molar-refractivity contribution < 1.29 is 23.5 Å². The molecule has 0 aliphatic carbocycles. The number of fused-ring (bicyclic) bond motifs is 1. The number of likely N-dealkylation sites (tertiary alicyclic amines) is 1. The Bertz CT molecular complexity index is 1230. The molecule has 1 aliphatic rings. The van der Waals surface area contributed by atoms with E-state index in [0.717, 1.165) is 30.2 Å². The number of aromatic nitrogens is 2. The van der Waals surface area contributed by atoms with Crippen LogP contribution < -0.4 is 0 Å². The van der Waals surface area contributed by atoms with Crippen LogP contribution in [0, 0.1) is 5.82 Å². The highest BCUT2D eigenvalue weighted by Gasteiger charge is 2.28. The average Bonchev–Trinajstić information content (AvgIpc) is 3.13. The second kappa shape index (κ2) is 9.37. The topological polar surface area (TPSA) is 73.7 Å². The minimum Gasteiger partial charge on any atom is -0.465 e. The number of hydrogen-bond acceptors (Lipinski definition) is 5. The van der Waals surface area contributed by atoms with E-state index in [4.69, 9.17) is 9.47 Å². The van der Waals surface area contributed by atoms with Crippen LogP contribution >= 0.6 is 15.9 Å². The molecule has 9 heteroatoms. The van der Waals surface area contributed by atoms with Crippen molar-refractivity contribution in [1.82, 2.24) is 14.7 Å². The first-order valence-corrected chi connectivity index (χ1v) is 11.9. The average molecular weight is 532 g/mol. The van der Waals surface area contributed by atoms with E-state index >= 15 is 0 Å². The largest absolute Gasteiger partial charge is 0.465 e. The molecule has 2 aromatic carbocycles. The number of nitrogens with zero attached hydrogens (tertiary/aromatic N) is 3. The maximum absolute atomic E-state index is 14.1. The van der Waals surface area contributed by atoms with Gasteiger partial charge in [-0.15, -0.1) is 0 Å². The smallest absolute Gasteiger partial charge is 0.410 e. The van der Waals surface area contributed by atoms with Crippen LogP contribution in [0.3, 0.4) is 0 Å². The zero-order chi connectivity index (χ0) is 24.6. The number of rotatable bonds is 3. The molecule has 0 radical (unpaired) electrons. The Hall–Kier alpha value is -2.94. The molecule has 3 aromatic rings. The summed E-state index contributed by atoms with van der Waals surface area (Å²) in [4.78, 5) is 26.4. The SMILES string of the molecule is COC(=O)c1cc(F)cc2nn(-c3ccc(C4CCCN(C(=O)OC(C)(C)C)C4)cc3)c(Br)c12. The molecular formula is C25H27BrFN3O4. The summed E-state index contributed by atoms with van der Waals surface area (Å²) in [6.07, 6.45) is 1.61. The Labute approximate surface area is 205 Å². The quantitative estimate of drug-likeness (QED) is 0.397. The summed E-state index contributed by atoms with van der Waals surface area (Å²) in [6, 6.07) is 10.3. The van der Waals surface area contributed by atoms with Gasteiger partial charge in [0, 0.05) is 30.5 Å². The molecule has 7 nitrogen and oxygen atoms in total. The number of halogens is 2. The van der Waals surface area contributed by atoms with Gasteiger partial charge in [-0.2, -0.15) is 5.10 Å². The summed E-state index contributed by atoms with van der Waals surface area (Å²) in [6.45, 7) is 6.89. The highest BCUT2D eigenvalue weighted by atomic mass is 79.9. The molecule has 180 valence electrons. The highest BCUT2D eigenvalue weighted by Crippen LogP contribution is 2.33. The lowest BCUT2D eigenvalue weighted by Gasteiger charge is -2.34. The lowest BCUT2D eigenvalue weighted by Crippen LogP contribution is -2.42. The van der Waals surface area contributed by atoms with E-state index in [1.807, 2.05) is 45.0 Å². The maximum atomic E-state index is 14.1. The summed E-state index contributed by atoms with van der Waals surface area (Å²) in [5.41, 5.74) is 1.80. The Morgan fingerprint density at radius 3 is 2.53 bits per heavy atom. The van der Waals surface area contributed by atoms with Gasteiger partial charge in [0.05, 0.1) is 23.9 Å². The third kappa shape index (κ3) is 4.94. The predicted octanol–water partition coefficient (Wildman–Crippen LogP) is 5.83. The van der Waals surface area contributed by atoms with Crippen molar-refractivity contribution in [3.63, 3.8) is 0 Å². The van der Waals surface area contributed by atoms with Crippen molar-refractivity contribution in [3.8, 4) is 5.69 Å². The number of methoxy groups -OCH3 is 1. The van der Waals surface area contributed by atoms with Gasteiger partial charge in [0.15, 0.2) is 0 Å². The minimum atomic E-state index is -0.632. The van der Waals surface area contributed by atoms with Gasteiger partial charge in [-0.05, 0) is 73.3 Å². The summed E-state index contributed by atoms with van der Waals surface area (Å²) in [5.74, 6) is -0.991. The van der Waals surface area contributed by atoms with Crippen LogP contribution in [0.5, 0.6) is 0 Å². The fraction of sp³-hybridized carbons (Fsp3) is 0.400. The van der Waals surface area contributed by atoms with Crippen LogP contribution in [0.4, 0.5) is 9.18 Å². The fourth-order valence-corrected chi connectivity index (χ4v) is 4.92. The summed E-state index contributed by atoms with van der Waals surface area (Å²) >= 11 is 3.52. The molecule has 4 rings (SSSR count). The van der Waals surface area contributed by atoms with Gasteiger partial charge < -0.3 is 14.4 Å². The molecule has 1 atom stereocenters. The Morgan fingerprint density at radius 2 is 1.88 bits per heavy atom. The number of piperidine rings is 1. The third-order valence-electron chi connectivity index (χ3n) is 5.77. The van der Waals surface area contributed by atoms with Gasteiger partial charge in [-0.3, -0.25) is 0 Å². The summed E-state index contributed by atoms with van der Waals surface area (Å²) in [7, 11) is 1.26. The minimum absolute atomic E-state index is 0.108. The van der Waals surface area contributed by atoms with Gasteiger partial charge in [0.1, 0.15) is 16.0 Å². The predicted molar refractivity (Wildman–Crippen MR) is 130 cm³/mol. The number of esters is 1. The zero-order valence-electron chi connectivity index (χ0n) is 19.6. The molecule has 1 saturated heterocycles. The van der Waals surface area contributed by atoms with E-state index in [1.54, 1.807) is 9.58 Å². The molecule has 1 amide bonds. The van der Waals surface area contributed by atoms with Gasteiger partial charge in [-0.25, -0.2) is 18.7 Å². The van der Waals surface area contributed by atoms with Crippen LogP contribution in [0.2, 0.25) is 0 Å². The van der Waals surface area contributed by atoms with Crippen molar-refractivity contribution in [1.29, 1.82) is 0 Å². The first-order chi connectivity index (χ1) is 16.1. The Morgan fingerprint density at radius 1 is 1.18 bits per heavy atom. The van der Waals surface area contributed by atoms with E-state index in [0.29, 0.717) is 28.6 Å². The third-order valence-corrected chi connectivity index (χ3v) is 6.50. The molecule has 1 unspecified atom stereocenters. The van der Waals surface area contributed by atoms with Crippen molar-refractivity contribution in [2.24, 2.45) is 0 Å². The van der Waals surface area contributed by atoms with Crippen molar-refractivity contribution >= 4 is 38.9 Å². The number of amides is 1. The molecule has 0 N–H and O–H groups in total. The monoisotopic (exact) mass is 531 g/mol. The molecule has 1 aromatic heterocycles. The van der Waals surface area contributed by atoms with Crippen molar-refractivity contribution in [3.05, 3.63) is 57.9 Å². The van der Waals surface area contributed by atoms with Gasteiger partial charge in [0.2, 0.25) is 0 Å². The van der Waals surface area contributed by atoms with Crippen LogP contribution in [0.15, 0.2) is 41.0 Å². The van der Waals surface area contributed by atoms with Crippen LogP contribution in [0.25, 0.3) is 16.6 Å². The van der Waals surface area contributed by atoms with E-state index in [2.05, 4.69) is 21.0 Å². The van der Waals surface area contributed by atoms with Crippen molar-refractivity contribution in [2.75, 3.05) is 20.2 Å². The summed E-state index contributed by atoms with van der Waals surface area (Å²) < 4.78 is 26.6. The van der Waals surface area contributed by atoms with Crippen LogP contribution in [0.1, 0.15) is 55.5 Å². The maximum Gasteiger partial charge on any atom is 0.410 e. The van der Waals surface area contributed by atoms with Crippen LogP contribution in [-0.4, -0.2) is 52.5 Å². The number of hydrogen-bond donors (Lipinski definition) is 0. The first-order valence-electron chi connectivity index (χ1n) is 11.1. The number of ether oxygens (including phenoxy) is 2. The number of carbonyl (C=O) groups is 2. The second-order valence-electron chi connectivity index (χ2n) is 9.40. The lowest BCUT2D eigenvalue weighted by atomic mass is 9.91. The molecule has 0 spiro atoms. The first kappa shape index (κ1) is 24.2. The molecule has 34 heavy (non-hydrogen) atoms. The summed E-state index contributed by atoms with van der Waals surface area (Å²) in [5, 5.41) is 4.97. The molecular weight excluding hydrogens is 505 g/mol. The van der Waals surface area contributed by atoms with Crippen molar-refractivity contribution in [2.45, 2.75) is 45.1 Å². The van der Waals surface area contributed by atoms with Crippen LogP contribution in [-0.2, 0) is 9.47 Å². The second-order valence-corrected chi connectivity index (χ2v) is 10.1. The molecule has 2 heterocycles. The van der Waals surface area contributed by atoms with E-state index in [1.165, 1.54) is 13.2 Å². The Balaban J connectivity index is 1.59. The van der Waals surface area contributed by atoms with E-state index in [-0.39, 0.29) is 17.6 Å². The molecule has 1 fully saturated rings. The van der Waals surface area contributed by atoms with Gasteiger partial charge in [0.25, 0.3) is 0 Å². The van der Waals surface area contributed by atoms with E-state index in [9.17, 15) is 14.0 Å². The highest BCUT2D eigenvalue weighted by molar-refractivity contribution is 9.10.